The lowest BCUT2D eigenvalue weighted by atomic mass is 9.90. The number of carbonyl (C=O) groups excluding carboxylic acids is 1. The summed E-state index contributed by atoms with van der Waals surface area (Å²) < 4.78 is 0. The van der Waals surface area contributed by atoms with E-state index in [4.69, 9.17) is 0 Å². The number of nitriles is 1. The molecule has 1 saturated heterocycles. The van der Waals surface area contributed by atoms with E-state index in [9.17, 15) is 15.2 Å². The molecule has 0 spiro atoms. The number of hydrogen-bond acceptors (Lipinski definition) is 4. The number of phenolic OH excluding ortho intramolecular Hbond substituents is 1. The van der Waals surface area contributed by atoms with Crippen LogP contribution in [-0.4, -0.2) is 29.0 Å². The summed E-state index contributed by atoms with van der Waals surface area (Å²) in [5.74, 6) is 0.381. The van der Waals surface area contributed by atoms with E-state index in [0.717, 1.165) is 24.8 Å². The van der Waals surface area contributed by atoms with Gasteiger partial charge in [-0.25, -0.2) is 0 Å². The lowest BCUT2D eigenvalue weighted by Crippen LogP contribution is -2.39. The molecule has 1 aliphatic heterocycles. The number of aryl methyl sites for hydroxylation is 1. The van der Waals surface area contributed by atoms with Gasteiger partial charge in [-0.1, -0.05) is 36.4 Å². The van der Waals surface area contributed by atoms with Gasteiger partial charge in [0.2, 0.25) is 0 Å². The van der Waals surface area contributed by atoms with E-state index in [-0.39, 0.29) is 17.2 Å². The Morgan fingerprint density at radius 2 is 1.96 bits per heavy atom. The normalized spacial score (nSPS) is 15.1. The fourth-order valence-electron chi connectivity index (χ4n) is 3.51. The van der Waals surface area contributed by atoms with Crippen molar-refractivity contribution in [2.24, 2.45) is 5.92 Å². The molecule has 2 aromatic carbocycles. The standard InChI is InChI=1S/C23H25N3O2/c1-17-7-8-21(22(27)13-17)25-16-20(15-24)23(28)26-11-9-19(10-12-26)14-18-5-3-2-4-6-18/h2-8,13,16,19,25,27H,9-12,14H2,1H3/b20-16-. The third-order valence-corrected chi connectivity index (χ3v) is 5.15. The van der Waals surface area contributed by atoms with Crippen LogP contribution in [0.15, 0.2) is 60.3 Å². The van der Waals surface area contributed by atoms with Crippen LogP contribution in [0.3, 0.4) is 0 Å². The van der Waals surface area contributed by atoms with Crippen molar-refractivity contribution in [3.05, 3.63) is 71.4 Å². The van der Waals surface area contributed by atoms with Crippen LogP contribution in [0.1, 0.15) is 24.0 Å². The average molecular weight is 375 g/mol. The van der Waals surface area contributed by atoms with Crippen molar-refractivity contribution in [1.82, 2.24) is 4.90 Å². The molecule has 2 N–H and O–H groups in total. The van der Waals surface area contributed by atoms with E-state index >= 15 is 0 Å². The van der Waals surface area contributed by atoms with Crippen LogP contribution in [0.5, 0.6) is 5.75 Å². The summed E-state index contributed by atoms with van der Waals surface area (Å²) in [6, 6.07) is 17.6. The van der Waals surface area contributed by atoms with Gasteiger partial charge in [0.1, 0.15) is 17.4 Å². The van der Waals surface area contributed by atoms with Gasteiger partial charge in [-0.2, -0.15) is 5.26 Å². The van der Waals surface area contributed by atoms with E-state index in [2.05, 4.69) is 29.6 Å². The Balaban J connectivity index is 1.57. The quantitative estimate of drug-likeness (QED) is 0.470. The Labute approximate surface area is 165 Å². The van der Waals surface area contributed by atoms with Gasteiger partial charge in [-0.05, 0) is 55.4 Å². The minimum Gasteiger partial charge on any atom is -0.506 e. The first-order chi connectivity index (χ1) is 13.6. The number of anilines is 1. The summed E-state index contributed by atoms with van der Waals surface area (Å²) in [5.41, 5.74) is 2.77. The van der Waals surface area contributed by atoms with Crippen molar-refractivity contribution in [2.75, 3.05) is 18.4 Å². The second-order valence-electron chi connectivity index (χ2n) is 7.26. The highest BCUT2D eigenvalue weighted by Crippen LogP contribution is 2.25. The summed E-state index contributed by atoms with van der Waals surface area (Å²) in [7, 11) is 0. The maximum Gasteiger partial charge on any atom is 0.266 e. The van der Waals surface area contributed by atoms with E-state index in [1.807, 2.05) is 25.1 Å². The summed E-state index contributed by atoms with van der Waals surface area (Å²) in [6.07, 6.45) is 4.28. The number of phenols is 1. The number of likely N-dealkylation sites (tertiary alicyclic amines) is 1. The Hall–Kier alpha value is -3.26. The molecular formula is C23H25N3O2. The second-order valence-corrected chi connectivity index (χ2v) is 7.26. The molecule has 0 aromatic heterocycles. The number of hydrogen-bond donors (Lipinski definition) is 2. The molecule has 0 atom stereocenters. The molecule has 0 bridgehead atoms. The Bertz CT molecular complexity index is 892. The number of carbonyl (C=O) groups is 1. The third-order valence-electron chi connectivity index (χ3n) is 5.15. The van der Waals surface area contributed by atoms with Crippen LogP contribution < -0.4 is 5.32 Å². The SMILES string of the molecule is Cc1ccc(N/C=C(/C#N)C(=O)N2CCC(Cc3ccccc3)CC2)c(O)c1. The molecule has 5 nitrogen and oxygen atoms in total. The largest absolute Gasteiger partial charge is 0.506 e. The minimum absolute atomic E-state index is 0.0430. The number of rotatable bonds is 5. The van der Waals surface area contributed by atoms with E-state index in [1.165, 1.54) is 11.8 Å². The molecule has 5 heteroatoms. The molecular weight excluding hydrogens is 350 g/mol. The molecule has 1 heterocycles. The first-order valence-electron chi connectivity index (χ1n) is 9.56. The summed E-state index contributed by atoms with van der Waals surface area (Å²) in [6.45, 7) is 3.20. The van der Waals surface area contributed by atoms with E-state index in [1.54, 1.807) is 17.0 Å². The molecule has 1 aliphatic rings. The third kappa shape index (κ3) is 4.92. The first-order valence-corrected chi connectivity index (χ1v) is 9.56. The van der Waals surface area contributed by atoms with Gasteiger partial charge in [0, 0.05) is 19.3 Å². The zero-order valence-electron chi connectivity index (χ0n) is 16.1. The molecule has 1 fully saturated rings. The maximum atomic E-state index is 12.7. The predicted molar refractivity (Wildman–Crippen MR) is 110 cm³/mol. The van der Waals surface area contributed by atoms with E-state index < -0.39 is 0 Å². The van der Waals surface area contributed by atoms with Crippen LogP contribution in [-0.2, 0) is 11.2 Å². The molecule has 0 unspecified atom stereocenters. The zero-order valence-corrected chi connectivity index (χ0v) is 16.1. The second kappa shape index (κ2) is 9.09. The van der Waals surface area contributed by atoms with Crippen molar-refractivity contribution < 1.29 is 9.90 Å². The summed E-state index contributed by atoms with van der Waals surface area (Å²) in [4.78, 5) is 14.4. The van der Waals surface area contributed by atoms with Crippen molar-refractivity contribution in [3.63, 3.8) is 0 Å². The lowest BCUT2D eigenvalue weighted by molar-refractivity contribution is -0.128. The lowest BCUT2D eigenvalue weighted by Gasteiger charge is -2.32. The van der Waals surface area contributed by atoms with Gasteiger partial charge in [-0.3, -0.25) is 4.79 Å². The molecule has 2 aromatic rings. The van der Waals surface area contributed by atoms with Gasteiger partial charge in [-0.15, -0.1) is 0 Å². The number of nitrogens with one attached hydrogen (secondary N) is 1. The highest BCUT2D eigenvalue weighted by molar-refractivity contribution is 5.97. The van der Waals surface area contributed by atoms with Crippen LogP contribution >= 0.6 is 0 Å². The minimum atomic E-state index is -0.264. The highest BCUT2D eigenvalue weighted by Gasteiger charge is 2.25. The van der Waals surface area contributed by atoms with Crippen molar-refractivity contribution >= 4 is 11.6 Å². The molecule has 0 saturated carbocycles. The molecule has 0 radical (unpaired) electrons. The maximum absolute atomic E-state index is 12.7. The zero-order chi connectivity index (χ0) is 19.9. The van der Waals surface area contributed by atoms with Crippen LogP contribution in [0, 0.1) is 24.2 Å². The Morgan fingerprint density at radius 1 is 1.25 bits per heavy atom. The van der Waals surface area contributed by atoms with E-state index in [0.29, 0.717) is 24.7 Å². The van der Waals surface area contributed by atoms with Gasteiger partial charge in [0.25, 0.3) is 5.91 Å². The highest BCUT2D eigenvalue weighted by atomic mass is 16.3. The summed E-state index contributed by atoms with van der Waals surface area (Å²) in [5, 5.41) is 22.2. The molecule has 3 rings (SSSR count). The predicted octanol–water partition coefficient (Wildman–Crippen LogP) is 4.00. The number of benzene rings is 2. The summed E-state index contributed by atoms with van der Waals surface area (Å²) >= 11 is 0. The Morgan fingerprint density at radius 3 is 2.61 bits per heavy atom. The average Bonchev–Trinajstić information content (AvgIpc) is 2.71. The van der Waals surface area contributed by atoms with Crippen molar-refractivity contribution in [1.29, 1.82) is 5.26 Å². The molecule has 1 amide bonds. The smallest absolute Gasteiger partial charge is 0.266 e. The molecule has 144 valence electrons. The van der Waals surface area contributed by atoms with Gasteiger partial charge < -0.3 is 15.3 Å². The first kappa shape index (κ1) is 19.5. The van der Waals surface area contributed by atoms with Crippen LogP contribution in [0.25, 0.3) is 0 Å². The fourth-order valence-corrected chi connectivity index (χ4v) is 3.51. The van der Waals surface area contributed by atoms with Gasteiger partial charge >= 0.3 is 0 Å². The monoisotopic (exact) mass is 375 g/mol. The van der Waals surface area contributed by atoms with Crippen LogP contribution in [0.4, 0.5) is 5.69 Å². The molecule has 0 aliphatic carbocycles. The topological polar surface area (TPSA) is 76.4 Å². The fraction of sp³-hybridized carbons (Fsp3) is 0.304. The van der Waals surface area contributed by atoms with Crippen molar-refractivity contribution in [3.8, 4) is 11.8 Å². The van der Waals surface area contributed by atoms with Gasteiger partial charge in [0.05, 0.1) is 5.69 Å². The Kier molecular flexibility index (Phi) is 6.33. The number of piperidine rings is 1. The molecule has 28 heavy (non-hydrogen) atoms. The van der Waals surface area contributed by atoms with Gasteiger partial charge in [0.15, 0.2) is 0 Å². The number of aromatic hydroxyl groups is 1. The van der Waals surface area contributed by atoms with Crippen molar-refractivity contribution in [2.45, 2.75) is 26.2 Å². The number of amides is 1. The van der Waals surface area contributed by atoms with Crippen LogP contribution in [0.2, 0.25) is 0 Å². The number of nitrogens with zero attached hydrogens (tertiary/aromatic N) is 2.